The van der Waals surface area contributed by atoms with Gasteiger partial charge in [-0.2, -0.15) is 5.26 Å². The van der Waals surface area contributed by atoms with Crippen LogP contribution in [0.1, 0.15) is 17.0 Å². The molecule has 0 atom stereocenters. The Hall–Kier alpha value is -3.94. The second-order valence-corrected chi connectivity index (χ2v) is 10.8. The summed E-state index contributed by atoms with van der Waals surface area (Å²) in [7, 11) is -3.36. The van der Waals surface area contributed by atoms with Crippen LogP contribution in [0.5, 0.6) is 5.75 Å². The van der Waals surface area contributed by atoms with Crippen LogP contribution >= 0.6 is 11.3 Å². The molecule has 2 aromatic carbocycles. The van der Waals surface area contributed by atoms with E-state index >= 15 is 0 Å². The van der Waals surface area contributed by atoms with E-state index in [1.807, 2.05) is 30.6 Å². The molecule has 0 aliphatic heterocycles. The molecule has 4 rings (SSSR count). The van der Waals surface area contributed by atoms with Gasteiger partial charge in [0, 0.05) is 23.3 Å². The Balaban J connectivity index is 1.62. The Morgan fingerprint density at radius 1 is 1.18 bits per heavy atom. The predicted molar refractivity (Wildman–Crippen MR) is 132 cm³/mol. The largest absolute Gasteiger partial charge is 0.508 e. The number of nitriles is 1. The first-order valence-electron chi connectivity index (χ1n) is 10.1. The van der Waals surface area contributed by atoms with Gasteiger partial charge in [0.15, 0.2) is 15.0 Å². The minimum atomic E-state index is -3.36. The second-order valence-electron chi connectivity index (χ2n) is 7.72. The molecule has 10 heteroatoms. The molecule has 34 heavy (non-hydrogen) atoms. The van der Waals surface area contributed by atoms with E-state index in [1.54, 1.807) is 30.3 Å². The van der Waals surface area contributed by atoms with Crippen molar-refractivity contribution >= 4 is 48.5 Å². The van der Waals surface area contributed by atoms with Crippen LogP contribution in [0.15, 0.2) is 59.0 Å². The van der Waals surface area contributed by atoms with Gasteiger partial charge in [-0.25, -0.2) is 13.4 Å². The summed E-state index contributed by atoms with van der Waals surface area (Å²) in [6, 6.07) is 15.1. The number of carbonyl (C=O) groups is 1. The Morgan fingerprint density at radius 2 is 1.88 bits per heavy atom. The average Bonchev–Trinajstić information content (AvgIpc) is 3.30. The number of sulfone groups is 1. The molecule has 0 saturated heterocycles. The standard InChI is InChI=1S/C24H20N4O4S2/c1-14-10-16(15(2)28(14)18-4-6-19(29)7-5-18)11-17(13-25)23(30)27-24-26-21-9-8-20(34(3,31)32)12-22(21)33-24/h4-12,29H,1-3H3,(H,26,27,30). The van der Waals surface area contributed by atoms with Gasteiger partial charge in [-0.1, -0.05) is 11.3 Å². The fourth-order valence-electron chi connectivity index (χ4n) is 3.59. The zero-order valence-electron chi connectivity index (χ0n) is 18.5. The van der Waals surface area contributed by atoms with Crippen molar-refractivity contribution in [2.24, 2.45) is 0 Å². The molecule has 0 unspecified atom stereocenters. The lowest BCUT2D eigenvalue weighted by Gasteiger charge is -2.09. The van der Waals surface area contributed by atoms with Crippen molar-refractivity contribution in [3.05, 3.63) is 71.1 Å². The summed E-state index contributed by atoms with van der Waals surface area (Å²) in [6.45, 7) is 3.79. The number of phenols is 1. The summed E-state index contributed by atoms with van der Waals surface area (Å²) in [5.74, 6) is -0.448. The molecule has 8 nitrogen and oxygen atoms in total. The van der Waals surface area contributed by atoms with Gasteiger partial charge in [-0.3, -0.25) is 10.1 Å². The first-order chi connectivity index (χ1) is 16.1. The molecule has 2 heterocycles. The fraction of sp³-hybridized carbons (Fsp3) is 0.125. The minimum absolute atomic E-state index is 0.0953. The van der Waals surface area contributed by atoms with Crippen LogP contribution in [0.25, 0.3) is 22.0 Å². The highest BCUT2D eigenvalue weighted by molar-refractivity contribution is 7.90. The highest BCUT2D eigenvalue weighted by Gasteiger charge is 2.16. The number of benzene rings is 2. The third-order valence-corrected chi connectivity index (χ3v) is 7.30. The first-order valence-corrected chi connectivity index (χ1v) is 12.8. The van der Waals surface area contributed by atoms with Crippen LogP contribution in [0, 0.1) is 25.2 Å². The highest BCUT2D eigenvalue weighted by Crippen LogP contribution is 2.29. The van der Waals surface area contributed by atoms with Crippen LogP contribution in [-0.2, 0) is 14.6 Å². The molecule has 0 spiro atoms. The van der Waals surface area contributed by atoms with E-state index in [0.717, 1.165) is 34.7 Å². The zero-order valence-corrected chi connectivity index (χ0v) is 20.2. The predicted octanol–water partition coefficient (Wildman–Crippen LogP) is 4.36. The molecule has 172 valence electrons. The summed E-state index contributed by atoms with van der Waals surface area (Å²) < 4.78 is 26.1. The molecule has 0 aliphatic rings. The summed E-state index contributed by atoms with van der Waals surface area (Å²) in [5.41, 5.74) is 3.74. The summed E-state index contributed by atoms with van der Waals surface area (Å²) in [5, 5.41) is 22.1. The number of fused-ring (bicyclic) bond motifs is 1. The van der Waals surface area contributed by atoms with E-state index in [-0.39, 0.29) is 21.3 Å². The smallest absolute Gasteiger partial charge is 0.268 e. The normalized spacial score (nSPS) is 12.0. The second kappa shape index (κ2) is 8.78. The van der Waals surface area contributed by atoms with Crippen LogP contribution in [0.3, 0.4) is 0 Å². The summed E-state index contributed by atoms with van der Waals surface area (Å²) in [4.78, 5) is 17.3. The number of thiazole rings is 1. The molecule has 4 aromatic rings. The number of nitrogens with zero attached hydrogens (tertiary/aromatic N) is 3. The van der Waals surface area contributed by atoms with Crippen LogP contribution in [-0.4, -0.2) is 35.2 Å². The molecule has 0 saturated carbocycles. The molecule has 1 amide bonds. The lowest BCUT2D eigenvalue weighted by molar-refractivity contribution is -0.112. The summed E-state index contributed by atoms with van der Waals surface area (Å²) >= 11 is 1.13. The lowest BCUT2D eigenvalue weighted by Crippen LogP contribution is -2.13. The molecule has 0 fully saturated rings. The average molecular weight is 493 g/mol. The van der Waals surface area contributed by atoms with Gasteiger partial charge in [0.2, 0.25) is 0 Å². The van der Waals surface area contributed by atoms with Gasteiger partial charge in [0.25, 0.3) is 5.91 Å². The van der Waals surface area contributed by atoms with Crippen molar-refractivity contribution in [3.8, 4) is 17.5 Å². The van der Waals surface area contributed by atoms with Crippen molar-refractivity contribution < 1.29 is 18.3 Å². The van der Waals surface area contributed by atoms with Gasteiger partial charge >= 0.3 is 0 Å². The van der Waals surface area contributed by atoms with E-state index in [4.69, 9.17) is 0 Å². The zero-order chi connectivity index (χ0) is 24.6. The maximum absolute atomic E-state index is 12.8. The first kappa shape index (κ1) is 23.2. The number of amides is 1. The Bertz CT molecular complexity index is 1610. The van der Waals surface area contributed by atoms with E-state index in [0.29, 0.717) is 15.8 Å². The van der Waals surface area contributed by atoms with Crippen molar-refractivity contribution in [1.29, 1.82) is 5.26 Å². The van der Waals surface area contributed by atoms with Crippen LogP contribution in [0.4, 0.5) is 5.13 Å². The van der Waals surface area contributed by atoms with E-state index in [9.17, 15) is 23.6 Å². The third-order valence-electron chi connectivity index (χ3n) is 5.25. The summed E-state index contributed by atoms with van der Waals surface area (Å²) in [6.07, 6.45) is 2.64. The topological polar surface area (TPSA) is 125 Å². The molecule has 2 N–H and O–H groups in total. The number of hydrogen-bond acceptors (Lipinski definition) is 7. The van der Waals surface area contributed by atoms with Gasteiger partial charge in [0.05, 0.1) is 15.1 Å². The maximum Gasteiger partial charge on any atom is 0.268 e. The molecule has 0 bridgehead atoms. The van der Waals surface area contributed by atoms with Gasteiger partial charge in [0.1, 0.15) is 17.4 Å². The molecule has 0 aliphatic carbocycles. The van der Waals surface area contributed by atoms with Crippen molar-refractivity contribution in [3.63, 3.8) is 0 Å². The number of aromatic nitrogens is 2. The number of hydrogen-bond donors (Lipinski definition) is 2. The number of nitrogens with one attached hydrogen (secondary N) is 1. The lowest BCUT2D eigenvalue weighted by atomic mass is 10.1. The molecule has 0 radical (unpaired) electrons. The maximum atomic E-state index is 12.8. The van der Waals surface area contributed by atoms with Crippen molar-refractivity contribution in [1.82, 2.24) is 9.55 Å². The Labute approximate surface area is 200 Å². The van der Waals surface area contributed by atoms with E-state index in [1.165, 1.54) is 18.2 Å². The van der Waals surface area contributed by atoms with Gasteiger partial charge in [-0.05, 0) is 74.0 Å². The number of carbonyl (C=O) groups excluding carboxylic acids is 1. The van der Waals surface area contributed by atoms with Gasteiger partial charge in [-0.15, -0.1) is 0 Å². The monoisotopic (exact) mass is 492 g/mol. The van der Waals surface area contributed by atoms with E-state index in [2.05, 4.69) is 10.3 Å². The SMILES string of the molecule is Cc1cc(C=C(C#N)C(=O)Nc2nc3ccc(S(C)(=O)=O)cc3s2)c(C)n1-c1ccc(O)cc1. The third kappa shape index (κ3) is 4.57. The number of phenolic OH excluding ortho intramolecular Hbond substituents is 1. The number of aromatic hydroxyl groups is 1. The molecule has 2 aromatic heterocycles. The number of aryl methyl sites for hydroxylation is 1. The van der Waals surface area contributed by atoms with Gasteiger partial charge < -0.3 is 9.67 Å². The minimum Gasteiger partial charge on any atom is -0.508 e. The quantitative estimate of drug-likeness (QED) is 0.315. The fourth-order valence-corrected chi connectivity index (χ4v) is 5.21. The Kier molecular flexibility index (Phi) is 6.00. The Morgan fingerprint density at radius 3 is 2.53 bits per heavy atom. The number of rotatable bonds is 5. The molecular weight excluding hydrogens is 472 g/mol. The van der Waals surface area contributed by atoms with E-state index < -0.39 is 15.7 Å². The van der Waals surface area contributed by atoms with Crippen LogP contribution < -0.4 is 5.32 Å². The number of anilines is 1. The van der Waals surface area contributed by atoms with Crippen molar-refractivity contribution in [2.45, 2.75) is 18.7 Å². The van der Waals surface area contributed by atoms with Crippen molar-refractivity contribution in [2.75, 3.05) is 11.6 Å². The molecular formula is C24H20N4O4S2. The van der Waals surface area contributed by atoms with Crippen LogP contribution in [0.2, 0.25) is 0 Å². The highest BCUT2D eigenvalue weighted by atomic mass is 32.2.